The molecule has 1 aromatic heterocycles. The number of imidazole rings is 1. The van der Waals surface area contributed by atoms with Crippen LogP contribution in [-0.4, -0.2) is 28.7 Å². The number of anilines is 1. The summed E-state index contributed by atoms with van der Waals surface area (Å²) < 4.78 is 2.20. The first-order chi connectivity index (χ1) is 12.6. The van der Waals surface area contributed by atoms with Gasteiger partial charge in [-0.05, 0) is 36.6 Å². The molecule has 0 amide bonds. The van der Waals surface area contributed by atoms with Crippen LogP contribution in [0, 0.1) is 6.57 Å². The molecule has 0 bridgehead atoms. The predicted molar refractivity (Wildman–Crippen MR) is 106 cm³/mol. The maximum Gasteiger partial charge on any atom is 0.206 e. The van der Waals surface area contributed by atoms with E-state index in [1.807, 2.05) is 42.5 Å². The Morgan fingerprint density at radius 2 is 2.04 bits per heavy atom. The molecule has 132 valence electrons. The second-order valence-electron chi connectivity index (χ2n) is 6.76. The standard InChI is InChI=1S/C20H20ClN5/c1-23-17-7-4-14(5-8-17)12-26-19-11-15(21)6-9-18(19)24-20(26)25-10-2-3-16(22)13-25/h4-9,11,16H,2-3,10,12-13,22H2/t16-/m0/s1. The SMILES string of the molecule is [C-]#[N+]c1ccc(Cn2c(N3CCC[C@H](N)C3)nc3ccc(Cl)cc32)cc1. The fourth-order valence-electron chi connectivity index (χ4n) is 3.53. The molecule has 2 heterocycles. The molecule has 26 heavy (non-hydrogen) atoms. The van der Waals surface area contributed by atoms with Crippen LogP contribution in [0.3, 0.4) is 0 Å². The topological polar surface area (TPSA) is 51.4 Å². The van der Waals surface area contributed by atoms with Crippen molar-refractivity contribution in [2.24, 2.45) is 5.73 Å². The monoisotopic (exact) mass is 365 g/mol. The van der Waals surface area contributed by atoms with Crippen LogP contribution >= 0.6 is 11.6 Å². The predicted octanol–water partition coefficient (Wildman–Crippen LogP) is 4.22. The van der Waals surface area contributed by atoms with Crippen molar-refractivity contribution in [2.45, 2.75) is 25.4 Å². The highest BCUT2D eigenvalue weighted by atomic mass is 35.5. The van der Waals surface area contributed by atoms with Crippen LogP contribution in [0.2, 0.25) is 5.02 Å². The van der Waals surface area contributed by atoms with Crippen LogP contribution in [0.4, 0.5) is 11.6 Å². The largest absolute Gasteiger partial charge is 0.341 e. The highest BCUT2D eigenvalue weighted by Gasteiger charge is 2.22. The molecule has 0 aliphatic carbocycles. The molecule has 0 spiro atoms. The number of fused-ring (bicyclic) bond motifs is 1. The fourth-order valence-corrected chi connectivity index (χ4v) is 3.70. The molecule has 2 aromatic carbocycles. The Bertz CT molecular complexity index is 970. The molecule has 0 saturated carbocycles. The van der Waals surface area contributed by atoms with Crippen molar-refractivity contribution in [2.75, 3.05) is 18.0 Å². The molecule has 0 unspecified atom stereocenters. The lowest BCUT2D eigenvalue weighted by Crippen LogP contribution is -2.44. The van der Waals surface area contributed by atoms with E-state index in [0.29, 0.717) is 17.3 Å². The molecule has 6 heteroatoms. The molecule has 0 radical (unpaired) electrons. The van der Waals surface area contributed by atoms with Gasteiger partial charge in [0.15, 0.2) is 5.69 Å². The van der Waals surface area contributed by atoms with Gasteiger partial charge in [-0.15, -0.1) is 0 Å². The fraction of sp³-hybridized carbons (Fsp3) is 0.300. The van der Waals surface area contributed by atoms with Crippen molar-refractivity contribution < 1.29 is 0 Å². The van der Waals surface area contributed by atoms with Gasteiger partial charge in [0, 0.05) is 24.2 Å². The molecule has 1 fully saturated rings. The summed E-state index contributed by atoms with van der Waals surface area (Å²) in [5, 5.41) is 0.698. The number of hydrogen-bond donors (Lipinski definition) is 1. The number of rotatable bonds is 3. The van der Waals surface area contributed by atoms with Gasteiger partial charge in [-0.1, -0.05) is 35.9 Å². The van der Waals surface area contributed by atoms with E-state index in [-0.39, 0.29) is 6.04 Å². The minimum atomic E-state index is 0.179. The number of nitrogens with zero attached hydrogens (tertiary/aromatic N) is 4. The van der Waals surface area contributed by atoms with Crippen LogP contribution in [0.5, 0.6) is 0 Å². The lowest BCUT2D eigenvalue weighted by molar-refractivity contribution is 0.495. The van der Waals surface area contributed by atoms with E-state index in [4.69, 9.17) is 28.9 Å². The van der Waals surface area contributed by atoms with Crippen molar-refractivity contribution in [3.05, 3.63) is 64.5 Å². The van der Waals surface area contributed by atoms with E-state index in [9.17, 15) is 0 Å². The minimum absolute atomic E-state index is 0.179. The molecular weight excluding hydrogens is 346 g/mol. The molecule has 5 nitrogen and oxygen atoms in total. The molecular formula is C20H20ClN5. The molecule has 2 N–H and O–H groups in total. The van der Waals surface area contributed by atoms with Crippen LogP contribution in [0.25, 0.3) is 15.9 Å². The number of nitrogens with two attached hydrogens (primary N) is 1. The van der Waals surface area contributed by atoms with E-state index < -0.39 is 0 Å². The Labute approximate surface area is 157 Å². The smallest absolute Gasteiger partial charge is 0.206 e. The third kappa shape index (κ3) is 3.26. The van der Waals surface area contributed by atoms with Gasteiger partial charge in [0.2, 0.25) is 5.95 Å². The average Bonchev–Trinajstić information content (AvgIpc) is 3.00. The van der Waals surface area contributed by atoms with Crippen molar-refractivity contribution >= 4 is 34.3 Å². The summed E-state index contributed by atoms with van der Waals surface area (Å²) in [6, 6.07) is 13.7. The zero-order chi connectivity index (χ0) is 18.1. The minimum Gasteiger partial charge on any atom is -0.341 e. The first-order valence-corrected chi connectivity index (χ1v) is 9.14. The Morgan fingerprint density at radius 3 is 2.77 bits per heavy atom. The Hall–Kier alpha value is -2.55. The van der Waals surface area contributed by atoms with Gasteiger partial charge in [-0.3, -0.25) is 0 Å². The normalized spacial score (nSPS) is 17.4. The third-order valence-electron chi connectivity index (χ3n) is 4.84. The van der Waals surface area contributed by atoms with Gasteiger partial charge < -0.3 is 15.2 Å². The quantitative estimate of drug-likeness (QED) is 0.707. The van der Waals surface area contributed by atoms with E-state index in [2.05, 4.69) is 14.3 Å². The highest BCUT2D eigenvalue weighted by Crippen LogP contribution is 2.28. The lowest BCUT2D eigenvalue weighted by Gasteiger charge is -2.32. The summed E-state index contributed by atoms with van der Waals surface area (Å²) in [6.07, 6.45) is 2.13. The van der Waals surface area contributed by atoms with E-state index in [1.54, 1.807) is 0 Å². The van der Waals surface area contributed by atoms with Crippen molar-refractivity contribution in [3.8, 4) is 0 Å². The van der Waals surface area contributed by atoms with Crippen molar-refractivity contribution in [3.63, 3.8) is 0 Å². The molecule has 1 aliphatic rings. The first kappa shape index (κ1) is 16.9. The van der Waals surface area contributed by atoms with E-state index in [1.165, 1.54) is 0 Å². The van der Waals surface area contributed by atoms with Gasteiger partial charge in [-0.2, -0.15) is 0 Å². The van der Waals surface area contributed by atoms with Crippen molar-refractivity contribution in [1.82, 2.24) is 9.55 Å². The van der Waals surface area contributed by atoms with Gasteiger partial charge in [0.05, 0.1) is 24.2 Å². The van der Waals surface area contributed by atoms with E-state index >= 15 is 0 Å². The average molecular weight is 366 g/mol. The molecule has 1 saturated heterocycles. The molecule has 1 aliphatic heterocycles. The molecule has 1 atom stereocenters. The zero-order valence-corrected chi connectivity index (χ0v) is 15.2. The molecule has 4 rings (SSSR count). The van der Waals surface area contributed by atoms with Gasteiger partial charge in [0.25, 0.3) is 0 Å². The Morgan fingerprint density at radius 1 is 1.23 bits per heavy atom. The lowest BCUT2D eigenvalue weighted by atomic mass is 10.1. The maximum absolute atomic E-state index is 7.11. The number of aromatic nitrogens is 2. The number of halogens is 1. The Balaban J connectivity index is 1.77. The number of piperidine rings is 1. The number of benzene rings is 2. The summed E-state index contributed by atoms with van der Waals surface area (Å²) in [7, 11) is 0. The zero-order valence-electron chi connectivity index (χ0n) is 14.4. The summed E-state index contributed by atoms with van der Waals surface area (Å²) in [5.41, 5.74) is 9.91. The van der Waals surface area contributed by atoms with Gasteiger partial charge in [0.1, 0.15) is 0 Å². The maximum atomic E-state index is 7.11. The van der Waals surface area contributed by atoms with Crippen LogP contribution < -0.4 is 10.6 Å². The summed E-state index contributed by atoms with van der Waals surface area (Å²) in [4.78, 5) is 10.6. The van der Waals surface area contributed by atoms with E-state index in [0.717, 1.165) is 48.5 Å². The van der Waals surface area contributed by atoms with Gasteiger partial charge >= 0.3 is 0 Å². The van der Waals surface area contributed by atoms with Crippen LogP contribution in [-0.2, 0) is 6.54 Å². The summed E-state index contributed by atoms with van der Waals surface area (Å²) >= 11 is 6.24. The van der Waals surface area contributed by atoms with Gasteiger partial charge in [-0.25, -0.2) is 9.83 Å². The summed E-state index contributed by atoms with van der Waals surface area (Å²) in [5.74, 6) is 0.937. The molecule has 3 aromatic rings. The second kappa shape index (κ2) is 6.99. The van der Waals surface area contributed by atoms with Crippen LogP contribution in [0.1, 0.15) is 18.4 Å². The number of hydrogen-bond acceptors (Lipinski definition) is 3. The van der Waals surface area contributed by atoms with Crippen LogP contribution in [0.15, 0.2) is 42.5 Å². The third-order valence-corrected chi connectivity index (χ3v) is 5.07. The Kier molecular flexibility index (Phi) is 4.54. The second-order valence-corrected chi connectivity index (χ2v) is 7.19. The summed E-state index contributed by atoms with van der Waals surface area (Å²) in [6.45, 7) is 9.56. The highest BCUT2D eigenvalue weighted by molar-refractivity contribution is 6.31. The van der Waals surface area contributed by atoms with Crippen molar-refractivity contribution in [1.29, 1.82) is 0 Å². The first-order valence-electron chi connectivity index (χ1n) is 8.77.